The minimum Gasteiger partial charge on any atom is -0.489 e. The molecule has 0 aliphatic carbocycles. The van der Waals surface area contributed by atoms with Gasteiger partial charge in [0.15, 0.2) is 0 Å². The van der Waals surface area contributed by atoms with Crippen molar-refractivity contribution in [3.05, 3.63) is 29.5 Å². The number of aromatic amines is 1. The highest BCUT2D eigenvalue weighted by atomic mass is 16.5. The lowest BCUT2D eigenvalue weighted by Gasteiger charge is -2.29. The number of nitrogens with one attached hydrogen (secondary N) is 1. The number of H-pyrrole nitrogens is 1. The second-order valence-corrected chi connectivity index (χ2v) is 6.24. The molecule has 1 saturated heterocycles. The molecule has 1 N–H and O–H groups in total. The summed E-state index contributed by atoms with van der Waals surface area (Å²) in [6, 6.07) is 6.54. The van der Waals surface area contributed by atoms with Crippen molar-refractivity contribution in [1.82, 2.24) is 9.88 Å². The summed E-state index contributed by atoms with van der Waals surface area (Å²) in [5, 5.41) is 1.35. The lowest BCUT2D eigenvalue weighted by atomic mass is 9.98. The number of nitrogens with zero attached hydrogens (tertiary/aromatic N) is 1. The average molecular weight is 270 g/mol. The molecule has 1 atom stereocenters. The zero-order chi connectivity index (χ0) is 13.5. The highest BCUT2D eigenvalue weighted by molar-refractivity contribution is 5.86. The average Bonchev–Trinajstić information content (AvgIpc) is 3.06. The van der Waals surface area contributed by atoms with Gasteiger partial charge in [-0.2, -0.15) is 0 Å². The van der Waals surface area contributed by atoms with Crippen LogP contribution in [0.2, 0.25) is 0 Å². The molecule has 3 heterocycles. The monoisotopic (exact) mass is 270 g/mol. The fourth-order valence-electron chi connectivity index (χ4n) is 3.68. The maximum atomic E-state index is 6.26. The molecule has 1 fully saturated rings. The number of hydrogen-bond acceptors (Lipinski definition) is 2. The van der Waals surface area contributed by atoms with Gasteiger partial charge in [0.1, 0.15) is 11.9 Å². The van der Waals surface area contributed by atoms with E-state index in [0.717, 1.165) is 25.1 Å². The molecule has 3 heteroatoms. The normalized spacial score (nSPS) is 22.9. The molecule has 0 spiro atoms. The summed E-state index contributed by atoms with van der Waals surface area (Å²) in [4.78, 5) is 5.96. The Balaban J connectivity index is 1.58. The van der Waals surface area contributed by atoms with Crippen molar-refractivity contribution >= 4 is 10.9 Å². The Hall–Kier alpha value is -1.48. The number of fused-ring (bicyclic) bond motifs is 3. The quantitative estimate of drug-likeness (QED) is 0.907. The smallest absolute Gasteiger partial charge is 0.123 e. The minimum absolute atomic E-state index is 0.373. The van der Waals surface area contributed by atoms with Crippen molar-refractivity contribution in [1.29, 1.82) is 0 Å². The van der Waals surface area contributed by atoms with Gasteiger partial charge in [0.25, 0.3) is 0 Å². The van der Waals surface area contributed by atoms with Gasteiger partial charge in [0, 0.05) is 28.7 Å². The van der Waals surface area contributed by atoms with E-state index in [9.17, 15) is 0 Å². The van der Waals surface area contributed by atoms with Crippen molar-refractivity contribution in [2.45, 2.75) is 38.7 Å². The zero-order valence-electron chi connectivity index (χ0n) is 12.1. The highest BCUT2D eigenvalue weighted by Crippen LogP contribution is 2.34. The summed E-state index contributed by atoms with van der Waals surface area (Å²) in [5.41, 5.74) is 3.86. The number of likely N-dealkylation sites (tertiary alicyclic amines) is 1. The van der Waals surface area contributed by atoms with Gasteiger partial charge in [0.2, 0.25) is 0 Å². The molecule has 106 valence electrons. The number of aromatic nitrogens is 1. The standard InChI is InChI=1S/C17H22N2O/c1-12-10-15-14-5-4-13(11-19-8-2-3-9-19)20-17(14)7-6-16(15)18-12/h6-7,10,13,18H,2-5,8-9,11H2,1H3. The lowest BCUT2D eigenvalue weighted by Crippen LogP contribution is -2.36. The van der Waals surface area contributed by atoms with Crippen LogP contribution >= 0.6 is 0 Å². The third kappa shape index (κ3) is 2.10. The van der Waals surface area contributed by atoms with Gasteiger partial charge in [0.05, 0.1) is 0 Å². The molecular weight excluding hydrogens is 248 g/mol. The zero-order valence-corrected chi connectivity index (χ0v) is 12.1. The van der Waals surface area contributed by atoms with Crippen molar-refractivity contribution < 1.29 is 4.74 Å². The Labute approximate surface area is 119 Å². The number of rotatable bonds is 2. The summed E-state index contributed by atoms with van der Waals surface area (Å²) in [6.07, 6.45) is 5.37. The van der Waals surface area contributed by atoms with Crippen LogP contribution in [-0.2, 0) is 6.42 Å². The molecule has 1 aromatic heterocycles. The third-order valence-corrected chi connectivity index (χ3v) is 4.68. The van der Waals surface area contributed by atoms with Gasteiger partial charge in [-0.15, -0.1) is 0 Å². The van der Waals surface area contributed by atoms with Crippen LogP contribution in [0.25, 0.3) is 10.9 Å². The van der Waals surface area contributed by atoms with Crippen molar-refractivity contribution in [2.75, 3.05) is 19.6 Å². The molecule has 0 bridgehead atoms. The Kier molecular flexibility index (Phi) is 2.95. The number of aryl methyl sites for hydroxylation is 2. The molecule has 20 heavy (non-hydrogen) atoms. The van der Waals surface area contributed by atoms with Gasteiger partial charge in [-0.3, -0.25) is 4.90 Å². The predicted octanol–water partition coefficient (Wildman–Crippen LogP) is 3.27. The van der Waals surface area contributed by atoms with Crippen LogP contribution in [0.4, 0.5) is 0 Å². The van der Waals surface area contributed by atoms with E-state index in [1.54, 1.807) is 0 Å². The van der Waals surface area contributed by atoms with Crippen LogP contribution in [0.15, 0.2) is 18.2 Å². The van der Waals surface area contributed by atoms with Crippen molar-refractivity contribution in [3.63, 3.8) is 0 Å². The third-order valence-electron chi connectivity index (χ3n) is 4.68. The molecule has 1 aromatic carbocycles. The topological polar surface area (TPSA) is 28.3 Å². The molecule has 2 aromatic rings. The summed E-state index contributed by atoms with van der Waals surface area (Å²) < 4.78 is 6.26. The Morgan fingerprint density at radius 3 is 3.00 bits per heavy atom. The minimum atomic E-state index is 0.373. The van der Waals surface area contributed by atoms with Gasteiger partial charge >= 0.3 is 0 Å². The van der Waals surface area contributed by atoms with Crippen LogP contribution in [0.1, 0.15) is 30.5 Å². The van der Waals surface area contributed by atoms with Gasteiger partial charge in [-0.05, 0) is 63.9 Å². The number of ether oxygens (including phenoxy) is 1. The molecular formula is C17H22N2O. The van der Waals surface area contributed by atoms with E-state index in [2.05, 4.69) is 35.0 Å². The van der Waals surface area contributed by atoms with Gasteiger partial charge in [-0.25, -0.2) is 0 Å². The fourth-order valence-corrected chi connectivity index (χ4v) is 3.68. The number of hydrogen-bond donors (Lipinski definition) is 1. The van der Waals surface area contributed by atoms with E-state index in [-0.39, 0.29) is 0 Å². The first-order valence-electron chi connectivity index (χ1n) is 7.80. The Morgan fingerprint density at radius 1 is 1.30 bits per heavy atom. The second-order valence-electron chi connectivity index (χ2n) is 6.24. The Morgan fingerprint density at radius 2 is 2.15 bits per heavy atom. The summed E-state index contributed by atoms with van der Waals surface area (Å²) >= 11 is 0. The van der Waals surface area contributed by atoms with Crippen LogP contribution in [-0.4, -0.2) is 35.6 Å². The SMILES string of the molecule is Cc1cc2c3c(ccc2[nH]1)OC(CN1CCCC1)CC3. The fraction of sp³-hybridized carbons (Fsp3) is 0.529. The molecule has 4 rings (SSSR count). The first kappa shape index (κ1) is 12.3. The van der Waals surface area contributed by atoms with E-state index in [1.165, 1.54) is 48.1 Å². The van der Waals surface area contributed by atoms with E-state index < -0.39 is 0 Å². The molecule has 1 unspecified atom stereocenters. The van der Waals surface area contributed by atoms with Crippen LogP contribution < -0.4 is 4.74 Å². The maximum Gasteiger partial charge on any atom is 0.123 e. The first-order chi connectivity index (χ1) is 9.79. The summed E-state index contributed by atoms with van der Waals surface area (Å²) in [7, 11) is 0. The Bertz CT molecular complexity index is 625. The van der Waals surface area contributed by atoms with Gasteiger partial charge < -0.3 is 9.72 Å². The maximum absolute atomic E-state index is 6.26. The summed E-state index contributed by atoms with van der Waals surface area (Å²) in [6.45, 7) is 5.72. The molecule has 2 aliphatic rings. The van der Waals surface area contributed by atoms with Gasteiger partial charge in [-0.1, -0.05) is 0 Å². The summed E-state index contributed by atoms with van der Waals surface area (Å²) in [5.74, 6) is 1.10. The van der Waals surface area contributed by atoms with E-state index in [4.69, 9.17) is 4.74 Å². The number of benzene rings is 1. The van der Waals surface area contributed by atoms with Crippen molar-refractivity contribution in [2.24, 2.45) is 0 Å². The molecule has 0 saturated carbocycles. The molecule has 0 amide bonds. The molecule has 3 nitrogen and oxygen atoms in total. The largest absolute Gasteiger partial charge is 0.489 e. The lowest BCUT2D eigenvalue weighted by molar-refractivity contribution is 0.127. The van der Waals surface area contributed by atoms with Crippen LogP contribution in [0, 0.1) is 6.92 Å². The van der Waals surface area contributed by atoms with E-state index in [0.29, 0.717) is 6.10 Å². The highest BCUT2D eigenvalue weighted by Gasteiger charge is 2.24. The molecule has 2 aliphatic heterocycles. The second kappa shape index (κ2) is 4.81. The van der Waals surface area contributed by atoms with Crippen LogP contribution in [0.3, 0.4) is 0 Å². The van der Waals surface area contributed by atoms with E-state index in [1.807, 2.05) is 0 Å². The van der Waals surface area contributed by atoms with Crippen LogP contribution in [0.5, 0.6) is 5.75 Å². The van der Waals surface area contributed by atoms with Crippen molar-refractivity contribution in [3.8, 4) is 5.75 Å². The van der Waals surface area contributed by atoms with E-state index >= 15 is 0 Å². The molecule has 0 radical (unpaired) electrons. The first-order valence-corrected chi connectivity index (χ1v) is 7.80. The predicted molar refractivity (Wildman–Crippen MR) is 81.4 cm³/mol.